The van der Waals surface area contributed by atoms with Gasteiger partial charge in [0.2, 0.25) is 0 Å². The molecular formula is C16H28N4O2. The first kappa shape index (κ1) is 16.8. The van der Waals surface area contributed by atoms with Crippen molar-refractivity contribution in [3.8, 4) is 0 Å². The molecular weight excluding hydrogens is 280 g/mol. The molecule has 1 aromatic heterocycles. The summed E-state index contributed by atoms with van der Waals surface area (Å²) in [6.07, 6.45) is 3.85. The fraction of sp³-hybridized carbons (Fsp3) is 0.750. The van der Waals surface area contributed by atoms with E-state index in [1.54, 1.807) is 0 Å². The van der Waals surface area contributed by atoms with Gasteiger partial charge in [-0.25, -0.2) is 4.79 Å². The maximum absolute atomic E-state index is 12.0. The van der Waals surface area contributed by atoms with Crippen molar-refractivity contribution in [2.45, 2.75) is 58.5 Å². The number of aromatic nitrogens is 2. The Kier molecular flexibility index (Phi) is 5.45. The van der Waals surface area contributed by atoms with Crippen molar-refractivity contribution in [2.75, 3.05) is 13.2 Å². The fourth-order valence-electron chi connectivity index (χ4n) is 3.15. The smallest absolute Gasteiger partial charge is 0.315 e. The molecule has 3 N–H and O–H groups in total. The number of amides is 2. The Labute approximate surface area is 132 Å². The molecule has 0 spiro atoms. The summed E-state index contributed by atoms with van der Waals surface area (Å²) >= 11 is 0. The van der Waals surface area contributed by atoms with E-state index in [2.05, 4.69) is 28.7 Å². The quantitative estimate of drug-likeness (QED) is 0.749. The number of aryl methyl sites for hydroxylation is 2. The van der Waals surface area contributed by atoms with Gasteiger partial charge in [0.1, 0.15) is 0 Å². The van der Waals surface area contributed by atoms with Gasteiger partial charge in [-0.15, -0.1) is 0 Å². The van der Waals surface area contributed by atoms with Crippen LogP contribution in [-0.4, -0.2) is 39.6 Å². The minimum atomic E-state index is -0.414. The molecule has 0 bridgehead atoms. The van der Waals surface area contributed by atoms with Crippen molar-refractivity contribution >= 4 is 6.03 Å². The van der Waals surface area contributed by atoms with Crippen LogP contribution in [0.25, 0.3) is 0 Å². The lowest BCUT2D eigenvalue weighted by Crippen LogP contribution is -2.53. The van der Waals surface area contributed by atoms with Crippen molar-refractivity contribution in [3.05, 3.63) is 17.5 Å². The van der Waals surface area contributed by atoms with Crippen LogP contribution >= 0.6 is 0 Å². The van der Waals surface area contributed by atoms with Gasteiger partial charge in [-0.3, -0.25) is 4.68 Å². The molecule has 1 heterocycles. The zero-order valence-corrected chi connectivity index (χ0v) is 13.9. The Morgan fingerprint density at radius 2 is 2.14 bits per heavy atom. The van der Waals surface area contributed by atoms with Gasteiger partial charge >= 0.3 is 6.03 Å². The second kappa shape index (κ2) is 7.13. The normalized spacial score (nSPS) is 18.2. The maximum Gasteiger partial charge on any atom is 0.315 e. The molecule has 6 nitrogen and oxygen atoms in total. The van der Waals surface area contributed by atoms with Gasteiger partial charge in [0.15, 0.2) is 0 Å². The summed E-state index contributed by atoms with van der Waals surface area (Å²) in [4.78, 5) is 12.0. The van der Waals surface area contributed by atoms with Gasteiger partial charge in [-0.1, -0.05) is 19.8 Å². The summed E-state index contributed by atoms with van der Waals surface area (Å²) in [6, 6.07) is 1.87. The molecule has 0 aliphatic heterocycles. The molecule has 22 heavy (non-hydrogen) atoms. The summed E-state index contributed by atoms with van der Waals surface area (Å²) in [5, 5.41) is 19.8. The number of hydrogen-bond acceptors (Lipinski definition) is 3. The first-order valence-corrected chi connectivity index (χ1v) is 8.12. The summed E-state index contributed by atoms with van der Waals surface area (Å²) in [7, 11) is 0. The summed E-state index contributed by atoms with van der Waals surface area (Å²) in [5.41, 5.74) is 1.74. The van der Waals surface area contributed by atoms with Gasteiger partial charge in [0.25, 0.3) is 0 Å². The van der Waals surface area contributed by atoms with Gasteiger partial charge in [-0.05, 0) is 38.7 Å². The molecule has 1 saturated carbocycles. The molecule has 1 atom stereocenters. The lowest BCUT2D eigenvalue weighted by atomic mass is 9.99. The molecule has 0 saturated heterocycles. The van der Waals surface area contributed by atoms with Crippen LogP contribution in [0.5, 0.6) is 0 Å². The zero-order chi connectivity index (χ0) is 16.2. The number of aliphatic hydroxyl groups excluding tert-OH is 1. The van der Waals surface area contributed by atoms with E-state index in [0.717, 1.165) is 43.6 Å². The minimum absolute atomic E-state index is 0.0156. The summed E-state index contributed by atoms with van der Waals surface area (Å²) in [5.74, 6) is 0.289. The third-order valence-electron chi connectivity index (χ3n) is 4.44. The highest BCUT2D eigenvalue weighted by Crippen LogP contribution is 2.28. The monoisotopic (exact) mass is 308 g/mol. The standard InChI is InChI=1S/C16H28N4O2/c1-12(10-20-14(3)8-13(2)19-20)9-17-15(22)18-16(11-21)6-4-5-7-16/h8,12,21H,4-7,9-11H2,1-3H3,(H2,17,18,22). The van der Waals surface area contributed by atoms with Gasteiger partial charge < -0.3 is 15.7 Å². The predicted molar refractivity (Wildman–Crippen MR) is 85.7 cm³/mol. The highest BCUT2D eigenvalue weighted by Gasteiger charge is 2.34. The first-order valence-electron chi connectivity index (χ1n) is 8.12. The second-order valence-corrected chi connectivity index (χ2v) is 6.69. The molecule has 124 valence electrons. The highest BCUT2D eigenvalue weighted by atomic mass is 16.3. The molecule has 1 aromatic rings. The number of urea groups is 1. The minimum Gasteiger partial charge on any atom is -0.394 e. The molecule has 6 heteroatoms. The van der Waals surface area contributed by atoms with Crippen LogP contribution in [0.2, 0.25) is 0 Å². The van der Waals surface area contributed by atoms with Crippen LogP contribution in [0.1, 0.15) is 44.0 Å². The molecule has 0 aromatic carbocycles. The number of nitrogens with zero attached hydrogens (tertiary/aromatic N) is 2. The average Bonchev–Trinajstić information content (AvgIpc) is 3.04. The number of hydrogen-bond donors (Lipinski definition) is 3. The molecule has 1 aliphatic carbocycles. The van der Waals surface area contributed by atoms with Crippen molar-refractivity contribution in [1.82, 2.24) is 20.4 Å². The fourth-order valence-corrected chi connectivity index (χ4v) is 3.15. The van der Waals surface area contributed by atoms with Crippen molar-refractivity contribution in [2.24, 2.45) is 5.92 Å². The average molecular weight is 308 g/mol. The molecule has 1 fully saturated rings. The SMILES string of the molecule is Cc1cc(C)n(CC(C)CNC(=O)NC2(CO)CCCC2)n1. The molecule has 2 amide bonds. The lowest BCUT2D eigenvalue weighted by molar-refractivity contribution is 0.162. The Balaban J connectivity index is 1.77. The third-order valence-corrected chi connectivity index (χ3v) is 4.44. The summed E-state index contributed by atoms with van der Waals surface area (Å²) in [6.45, 7) is 7.50. The Hall–Kier alpha value is -1.56. The number of aliphatic hydroxyl groups is 1. The van der Waals surface area contributed by atoms with E-state index in [4.69, 9.17) is 0 Å². The molecule has 1 unspecified atom stereocenters. The van der Waals surface area contributed by atoms with E-state index < -0.39 is 5.54 Å². The van der Waals surface area contributed by atoms with E-state index in [1.165, 1.54) is 0 Å². The Morgan fingerprint density at radius 1 is 1.45 bits per heavy atom. The Bertz CT molecular complexity index is 506. The predicted octanol–water partition coefficient (Wildman–Crippen LogP) is 1.74. The van der Waals surface area contributed by atoms with Crippen molar-refractivity contribution in [3.63, 3.8) is 0 Å². The number of nitrogens with one attached hydrogen (secondary N) is 2. The zero-order valence-electron chi connectivity index (χ0n) is 13.9. The van der Waals surface area contributed by atoms with E-state index in [9.17, 15) is 9.90 Å². The lowest BCUT2D eigenvalue weighted by Gasteiger charge is -2.28. The topological polar surface area (TPSA) is 79.2 Å². The number of carbonyl (C=O) groups is 1. The van der Waals surface area contributed by atoms with Crippen LogP contribution in [0, 0.1) is 19.8 Å². The highest BCUT2D eigenvalue weighted by molar-refractivity contribution is 5.74. The second-order valence-electron chi connectivity index (χ2n) is 6.69. The van der Waals surface area contributed by atoms with Gasteiger partial charge in [-0.2, -0.15) is 5.10 Å². The van der Waals surface area contributed by atoms with Crippen LogP contribution < -0.4 is 10.6 Å². The Morgan fingerprint density at radius 3 is 2.68 bits per heavy atom. The van der Waals surface area contributed by atoms with Gasteiger partial charge in [0, 0.05) is 18.8 Å². The van der Waals surface area contributed by atoms with Crippen molar-refractivity contribution < 1.29 is 9.90 Å². The van der Waals surface area contributed by atoms with E-state index >= 15 is 0 Å². The summed E-state index contributed by atoms with van der Waals surface area (Å²) < 4.78 is 1.98. The number of rotatable bonds is 6. The van der Waals surface area contributed by atoms with Crippen molar-refractivity contribution in [1.29, 1.82) is 0 Å². The molecule has 0 radical (unpaired) electrons. The third kappa shape index (κ3) is 4.22. The largest absolute Gasteiger partial charge is 0.394 e. The van der Waals surface area contributed by atoms with Gasteiger partial charge in [0.05, 0.1) is 17.8 Å². The van der Waals surface area contributed by atoms with Crippen LogP contribution in [0.15, 0.2) is 6.07 Å². The van der Waals surface area contributed by atoms with E-state index in [0.29, 0.717) is 6.54 Å². The number of carbonyl (C=O) groups excluding carboxylic acids is 1. The molecule has 2 rings (SSSR count). The molecule has 1 aliphatic rings. The van der Waals surface area contributed by atoms with E-state index in [-0.39, 0.29) is 18.6 Å². The first-order chi connectivity index (χ1) is 10.4. The van der Waals surface area contributed by atoms with Crippen LogP contribution in [-0.2, 0) is 6.54 Å². The van der Waals surface area contributed by atoms with Crippen LogP contribution in [0.3, 0.4) is 0 Å². The van der Waals surface area contributed by atoms with Crippen LogP contribution in [0.4, 0.5) is 4.79 Å². The van der Waals surface area contributed by atoms with E-state index in [1.807, 2.05) is 18.5 Å². The maximum atomic E-state index is 12.0.